The van der Waals surface area contributed by atoms with E-state index in [0.29, 0.717) is 5.57 Å². The molecule has 9 heteroatoms. The van der Waals surface area contributed by atoms with Crippen molar-refractivity contribution in [1.82, 2.24) is 4.48 Å². The van der Waals surface area contributed by atoms with Crippen molar-refractivity contribution in [3.8, 4) is 0 Å². The van der Waals surface area contributed by atoms with Gasteiger partial charge in [-0.25, -0.2) is 4.39 Å². The summed E-state index contributed by atoms with van der Waals surface area (Å²) in [6.45, 7) is -4.11. The molecule has 2 aliphatic rings. The summed E-state index contributed by atoms with van der Waals surface area (Å²) in [6.07, 6.45) is 3.08. The first-order valence-electron chi connectivity index (χ1n) is 6.91. The van der Waals surface area contributed by atoms with Crippen molar-refractivity contribution in [2.24, 2.45) is 0 Å². The van der Waals surface area contributed by atoms with E-state index in [4.69, 9.17) is 11.6 Å². The molecule has 4 rings (SSSR count). The first kappa shape index (κ1) is 16.2. The van der Waals surface area contributed by atoms with Crippen molar-refractivity contribution >= 4 is 60.6 Å². The van der Waals surface area contributed by atoms with E-state index < -0.39 is 12.8 Å². The Morgan fingerprint density at radius 1 is 1.08 bits per heavy atom. The third-order valence-electron chi connectivity index (χ3n) is 4.07. The molecule has 0 N–H and O–H groups in total. The van der Waals surface area contributed by atoms with Gasteiger partial charge in [-0.1, -0.05) is 11.6 Å². The molecule has 3 heterocycles. The number of fused-ring (bicyclic) bond motifs is 2. The highest BCUT2D eigenvalue weighted by atomic mass is 79.9. The molecule has 1 aromatic heterocycles. The molecule has 122 valence electrons. The molecule has 0 aliphatic carbocycles. The van der Waals surface area contributed by atoms with Crippen LogP contribution in [0.5, 0.6) is 0 Å². The first-order valence-corrected chi connectivity index (χ1v) is 8.88. The Kier molecular flexibility index (Phi) is 3.64. The molecule has 0 fully saturated rings. The van der Waals surface area contributed by atoms with Gasteiger partial charge in [-0.05, 0) is 46.3 Å². The number of benzene rings is 1. The molecule has 2 aliphatic heterocycles. The summed E-state index contributed by atoms with van der Waals surface area (Å²) in [7, 11) is 0. The van der Waals surface area contributed by atoms with E-state index in [9.17, 15) is 4.39 Å². The molecule has 0 atom stereocenters. The van der Waals surface area contributed by atoms with Crippen molar-refractivity contribution in [3.63, 3.8) is 0 Å². The molecule has 0 saturated heterocycles. The molecule has 24 heavy (non-hydrogen) atoms. The highest BCUT2D eigenvalue weighted by Crippen LogP contribution is 2.42. The van der Waals surface area contributed by atoms with Gasteiger partial charge in [-0.3, -0.25) is 0 Å². The van der Waals surface area contributed by atoms with Crippen molar-refractivity contribution < 1.29 is 17.5 Å². The van der Waals surface area contributed by atoms with Crippen LogP contribution in [0.25, 0.3) is 5.57 Å². The third kappa shape index (κ3) is 2.12. The van der Waals surface area contributed by atoms with Gasteiger partial charge in [0.05, 0.1) is 10.2 Å². The van der Waals surface area contributed by atoms with Crippen LogP contribution in [0.1, 0.15) is 11.3 Å². The SMILES string of the molecule is Fc1cc(Cl)ccc1C1=C2C=CC(Br)=[N+]2[B-](F)(F)n2c(Br)ccc21. The van der Waals surface area contributed by atoms with E-state index in [0.717, 1.165) is 8.96 Å². The minimum Gasteiger partial charge on any atom is -0.389 e. The summed E-state index contributed by atoms with van der Waals surface area (Å²) >= 11 is 12.1. The molecule has 2 nitrogen and oxygen atoms in total. The highest BCUT2D eigenvalue weighted by Gasteiger charge is 2.54. The Balaban J connectivity index is 2.12. The maximum atomic E-state index is 15.0. The van der Waals surface area contributed by atoms with Crippen LogP contribution in [-0.2, 0) is 0 Å². The van der Waals surface area contributed by atoms with Crippen LogP contribution in [0.2, 0.25) is 5.02 Å². The molecule has 0 unspecified atom stereocenters. The smallest absolute Gasteiger partial charge is 0.389 e. The standard InChI is InChI=1S/C15H7BBr2ClF3N2/c17-13-5-3-11-15(9-2-1-8(19)7-10(9)20)12-4-6-14(18)24(12)16(21,22)23(11)13/h1-7H. The van der Waals surface area contributed by atoms with Gasteiger partial charge in [0, 0.05) is 44.4 Å². The van der Waals surface area contributed by atoms with Crippen LogP contribution in [0.3, 0.4) is 0 Å². The zero-order chi connectivity index (χ0) is 17.2. The number of hydrogen-bond donors (Lipinski definition) is 0. The zero-order valence-electron chi connectivity index (χ0n) is 11.8. The fourth-order valence-corrected chi connectivity index (χ4v) is 4.40. The normalized spacial score (nSPS) is 18.2. The number of hydrogen-bond acceptors (Lipinski definition) is 0. The summed E-state index contributed by atoms with van der Waals surface area (Å²) in [4.78, 5) is 0. The second-order valence-corrected chi connectivity index (χ2v) is 7.47. The number of rotatable bonds is 1. The molecular formula is C15H7BBr2ClF3N2. The lowest BCUT2D eigenvalue weighted by atomic mass is 9.86. The number of aromatic nitrogens is 1. The average Bonchev–Trinajstić information content (AvgIpc) is 3.06. The second kappa shape index (κ2) is 5.38. The lowest BCUT2D eigenvalue weighted by molar-refractivity contribution is -0.358. The fraction of sp³-hybridized carbons (Fsp3) is 0. The topological polar surface area (TPSA) is 7.94 Å². The van der Waals surface area contributed by atoms with E-state index in [1.807, 2.05) is 0 Å². The number of allylic oxidation sites excluding steroid dienone is 2. The van der Waals surface area contributed by atoms with E-state index in [2.05, 4.69) is 31.9 Å². The first-order chi connectivity index (χ1) is 11.3. The molecule has 0 saturated carbocycles. The van der Waals surface area contributed by atoms with E-state index >= 15 is 8.63 Å². The van der Waals surface area contributed by atoms with Crippen LogP contribution in [-0.4, -0.2) is 20.6 Å². The van der Waals surface area contributed by atoms with Crippen molar-refractivity contribution in [1.29, 1.82) is 0 Å². The monoisotopic (exact) mass is 476 g/mol. The van der Waals surface area contributed by atoms with Crippen molar-refractivity contribution in [3.05, 3.63) is 74.9 Å². The largest absolute Gasteiger partial charge is 0.738 e. The molecule has 0 bridgehead atoms. The quantitative estimate of drug-likeness (QED) is 0.485. The fourth-order valence-electron chi connectivity index (χ4n) is 3.10. The summed E-state index contributed by atoms with van der Waals surface area (Å²) < 4.78 is 46.8. The van der Waals surface area contributed by atoms with Crippen LogP contribution in [0.15, 0.2) is 52.8 Å². The Morgan fingerprint density at radius 2 is 1.83 bits per heavy atom. The van der Waals surface area contributed by atoms with Crippen LogP contribution in [0, 0.1) is 5.82 Å². The predicted molar refractivity (Wildman–Crippen MR) is 96.3 cm³/mol. The highest BCUT2D eigenvalue weighted by molar-refractivity contribution is 9.18. The maximum Gasteiger partial charge on any atom is 0.738 e. The number of nitrogens with zero attached hydrogens (tertiary/aromatic N) is 2. The van der Waals surface area contributed by atoms with Gasteiger partial charge in [-0.15, -0.1) is 0 Å². The van der Waals surface area contributed by atoms with Gasteiger partial charge in [-0.2, -0.15) is 0 Å². The lowest BCUT2D eigenvalue weighted by Gasteiger charge is -2.32. The summed E-state index contributed by atoms with van der Waals surface area (Å²) in [5.74, 6) is -0.567. The van der Waals surface area contributed by atoms with Gasteiger partial charge in [0.15, 0.2) is 5.70 Å². The second-order valence-electron chi connectivity index (χ2n) is 5.41. The van der Waals surface area contributed by atoms with Crippen molar-refractivity contribution in [2.75, 3.05) is 0 Å². The molecule has 0 radical (unpaired) electrons. The molecular weight excluding hydrogens is 471 g/mol. The minimum absolute atomic E-state index is 0.212. The molecule has 0 spiro atoms. The summed E-state index contributed by atoms with van der Waals surface area (Å²) in [5.41, 5.74) is 1.08. The molecule has 0 amide bonds. The Hall–Kier alpha value is -1.25. The summed E-state index contributed by atoms with van der Waals surface area (Å²) in [6, 6.07) is 7.29. The van der Waals surface area contributed by atoms with Gasteiger partial charge < -0.3 is 17.6 Å². The molecule has 2 aromatic rings. The Labute approximate surface area is 157 Å². The minimum atomic E-state index is -4.11. The van der Waals surface area contributed by atoms with Crippen LogP contribution >= 0.6 is 43.5 Å². The number of halogens is 6. The van der Waals surface area contributed by atoms with Crippen LogP contribution < -0.4 is 0 Å². The average molecular weight is 478 g/mol. The van der Waals surface area contributed by atoms with Gasteiger partial charge in [0.25, 0.3) is 0 Å². The zero-order valence-corrected chi connectivity index (χ0v) is 15.7. The van der Waals surface area contributed by atoms with Gasteiger partial charge >= 0.3 is 6.97 Å². The van der Waals surface area contributed by atoms with Crippen molar-refractivity contribution in [2.45, 2.75) is 0 Å². The third-order valence-corrected chi connectivity index (χ3v) is 5.60. The lowest BCUT2D eigenvalue weighted by Crippen LogP contribution is -2.50. The van der Waals surface area contributed by atoms with E-state index in [1.54, 1.807) is 12.1 Å². The molecule has 1 aromatic carbocycles. The van der Waals surface area contributed by atoms with E-state index in [1.165, 1.54) is 30.3 Å². The Morgan fingerprint density at radius 3 is 2.54 bits per heavy atom. The van der Waals surface area contributed by atoms with Gasteiger partial charge in [0.2, 0.25) is 4.62 Å². The predicted octanol–water partition coefficient (Wildman–Crippen LogP) is 5.41. The van der Waals surface area contributed by atoms with Gasteiger partial charge in [0.1, 0.15) is 5.82 Å². The van der Waals surface area contributed by atoms with E-state index in [-0.39, 0.29) is 31.2 Å². The Bertz CT molecular complexity index is 995. The maximum absolute atomic E-state index is 15.0. The van der Waals surface area contributed by atoms with Crippen LogP contribution in [0.4, 0.5) is 13.0 Å². The summed E-state index contributed by atoms with van der Waals surface area (Å²) in [5, 5.41) is 0.246.